The molecule has 0 radical (unpaired) electrons. The average Bonchev–Trinajstić information content (AvgIpc) is 2.37. The Morgan fingerprint density at radius 1 is 1.14 bits per heavy atom. The molecule has 7 nitrogen and oxygen atoms in total. The highest BCUT2D eigenvalue weighted by Crippen LogP contribution is 2.23. The predicted octanol–water partition coefficient (Wildman–Crippen LogP) is 2.24. The molecule has 110 valence electrons. The van der Waals surface area contributed by atoms with Gasteiger partial charge in [0.1, 0.15) is 11.6 Å². The fourth-order valence-electron chi connectivity index (χ4n) is 1.58. The minimum Gasteiger partial charge on any atom is -0.508 e. The van der Waals surface area contributed by atoms with Gasteiger partial charge in [-0.1, -0.05) is 0 Å². The predicted molar refractivity (Wildman–Crippen MR) is 72.0 cm³/mol. The minimum absolute atomic E-state index is 0.115. The molecule has 0 spiro atoms. The summed E-state index contributed by atoms with van der Waals surface area (Å²) in [6, 6.07) is 7.03. The first-order chi connectivity index (χ1) is 9.78. The van der Waals surface area contributed by atoms with E-state index in [-0.39, 0.29) is 16.3 Å². The van der Waals surface area contributed by atoms with Gasteiger partial charge in [-0.2, -0.15) is 0 Å². The van der Waals surface area contributed by atoms with Crippen LogP contribution in [0.4, 0.5) is 15.8 Å². The van der Waals surface area contributed by atoms with Crippen LogP contribution in [0.15, 0.2) is 47.4 Å². The molecule has 0 saturated heterocycles. The Morgan fingerprint density at radius 3 is 2.33 bits per heavy atom. The van der Waals surface area contributed by atoms with E-state index in [9.17, 15) is 22.9 Å². The maximum Gasteiger partial charge on any atom is 0.274 e. The van der Waals surface area contributed by atoms with E-state index in [0.29, 0.717) is 6.07 Å². The maximum atomic E-state index is 13.2. The Morgan fingerprint density at radius 2 is 1.76 bits per heavy atom. The highest BCUT2D eigenvalue weighted by molar-refractivity contribution is 7.92. The lowest BCUT2D eigenvalue weighted by Crippen LogP contribution is -2.13. The molecule has 21 heavy (non-hydrogen) atoms. The Balaban J connectivity index is 2.36. The lowest BCUT2D eigenvalue weighted by atomic mass is 10.3. The first-order valence-electron chi connectivity index (χ1n) is 5.55. The molecule has 0 aromatic heterocycles. The van der Waals surface area contributed by atoms with Crippen molar-refractivity contribution >= 4 is 21.4 Å². The van der Waals surface area contributed by atoms with Gasteiger partial charge in [0.15, 0.2) is 0 Å². The zero-order valence-electron chi connectivity index (χ0n) is 10.4. The second-order valence-corrected chi connectivity index (χ2v) is 5.74. The molecule has 2 aromatic carbocycles. The molecule has 0 fully saturated rings. The fraction of sp³-hybridized carbons (Fsp3) is 0. The molecule has 9 heteroatoms. The molecule has 0 aliphatic heterocycles. The van der Waals surface area contributed by atoms with Crippen molar-refractivity contribution in [3.63, 3.8) is 0 Å². The Hall–Kier alpha value is -2.68. The van der Waals surface area contributed by atoms with E-state index in [2.05, 4.69) is 0 Å². The number of sulfonamides is 1. The molecule has 2 rings (SSSR count). The number of nitro benzene ring substituents is 1. The summed E-state index contributed by atoms with van der Waals surface area (Å²) in [5.41, 5.74) is -0.840. The Kier molecular flexibility index (Phi) is 3.76. The van der Waals surface area contributed by atoms with Crippen LogP contribution >= 0.6 is 0 Å². The van der Waals surface area contributed by atoms with Crippen LogP contribution in [0.3, 0.4) is 0 Å². The van der Waals surface area contributed by atoms with Gasteiger partial charge in [0, 0.05) is 6.07 Å². The van der Waals surface area contributed by atoms with Gasteiger partial charge in [0.25, 0.3) is 15.7 Å². The smallest absolute Gasteiger partial charge is 0.274 e. The zero-order chi connectivity index (χ0) is 15.6. The number of nitrogens with one attached hydrogen (secondary N) is 1. The highest BCUT2D eigenvalue weighted by Gasteiger charge is 2.17. The third-order valence-corrected chi connectivity index (χ3v) is 3.89. The van der Waals surface area contributed by atoms with Gasteiger partial charge in [-0.05, 0) is 30.3 Å². The highest BCUT2D eigenvalue weighted by atomic mass is 32.2. The lowest BCUT2D eigenvalue weighted by Gasteiger charge is -2.08. The monoisotopic (exact) mass is 312 g/mol. The summed E-state index contributed by atoms with van der Waals surface area (Å²) in [7, 11) is -4.04. The topological polar surface area (TPSA) is 110 Å². The first-order valence-corrected chi connectivity index (χ1v) is 7.03. The lowest BCUT2D eigenvalue weighted by molar-refractivity contribution is -0.385. The Bertz CT molecular complexity index is 790. The summed E-state index contributed by atoms with van der Waals surface area (Å²) >= 11 is 0. The second kappa shape index (κ2) is 5.37. The van der Waals surface area contributed by atoms with Crippen molar-refractivity contribution in [2.24, 2.45) is 0 Å². The van der Waals surface area contributed by atoms with Crippen molar-refractivity contribution in [3.05, 3.63) is 58.4 Å². The largest absolute Gasteiger partial charge is 0.508 e. The summed E-state index contributed by atoms with van der Waals surface area (Å²) in [6.07, 6.45) is 0. The van der Waals surface area contributed by atoms with Gasteiger partial charge in [0.05, 0.1) is 21.6 Å². The van der Waals surface area contributed by atoms with Gasteiger partial charge in [-0.3, -0.25) is 14.8 Å². The Labute approximate surface area is 118 Å². The fourth-order valence-corrected chi connectivity index (χ4v) is 2.62. The van der Waals surface area contributed by atoms with E-state index in [4.69, 9.17) is 5.11 Å². The van der Waals surface area contributed by atoms with Crippen LogP contribution in [0, 0.1) is 15.9 Å². The molecule has 2 N–H and O–H groups in total. The van der Waals surface area contributed by atoms with Crippen LogP contribution < -0.4 is 4.72 Å². The molecule has 0 aliphatic rings. The number of phenolic OH excluding ortho intramolecular Hbond substituents is 1. The number of hydrogen-bond acceptors (Lipinski definition) is 5. The SMILES string of the molecule is O=[N+]([O-])c1cc(F)cc(NS(=O)(=O)c2ccc(O)cc2)c1. The number of benzene rings is 2. The van der Waals surface area contributed by atoms with Crippen molar-refractivity contribution in [1.82, 2.24) is 0 Å². The van der Waals surface area contributed by atoms with E-state index < -0.39 is 26.5 Å². The number of halogens is 1. The van der Waals surface area contributed by atoms with E-state index in [1.165, 1.54) is 12.1 Å². The standard InChI is InChI=1S/C12H9FN2O5S/c13-8-5-9(7-10(6-8)15(17)18)14-21(19,20)12-3-1-11(16)2-4-12/h1-7,14,16H. The normalized spacial score (nSPS) is 11.1. The van der Waals surface area contributed by atoms with Crippen molar-refractivity contribution in [1.29, 1.82) is 0 Å². The number of non-ortho nitro benzene ring substituents is 1. The third-order valence-electron chi connectivity index (χ3n) is 2.49. The molecular formula is C12H9FN2O5S. The molecule has 0 saturated carbocycles. The summed E-state index contributed by atoms with van der Waals surface area (Å²) < 4.78 is 39.3. The van der Waals surface area contributed by atoms with Crippen LogP contribution in [0.5, 0.6) is 5.75 Å². The van der Waals surface area contributed by atoms with Crippen LogP contribution in [-0.4, -0.2) is 18.4 Å². The van der Waals surface area contributed by atoms with Crippen molar-refractivity contribution in [2.75, 3.05) is 4.72 Å². The summed E-state index contributed by atoms with van der Waals surface area (Å²) in [4.78, 5) is 9.61. The third kappa shape index (κ3) is 3.45. The number of nitrogens with zero attached hydrogens (tertiary/aromatic N) is 1. The zero-order valence-corrected chi connectivity index (χ0v) is 11.2. The van der Waals surface area contributed by atoms with Crippen molar-refractivity contribution in [2.45, 2.75) is 4.90 Å². The van der Waals surface area contributed by atoms with Crippen LogP contribution in [0.2, 0.25) is 0 Å². The van der Waals surface area contributed by atoms with Gasteiger partial charge in [-0.25, -0.2) is 12.8 Å². The van der Waals surface area contributed by atoms with Crippen molar-refractivity contribution in [3.8, 4) is 5.75 Å². The van der Waals surface area contributed by atoms with Crippen molar-refractivity contribution < 1.29 is 22.8 Å². The summed E-state index contributed by atoms with van der Waals surface area (Å²) in [6.45, 7) is 0. The molecule has 0 heterocycles. The maximum absolute atomic E-state index is 13.2. The first kappa shape index (κ1) is 14.7. The van der Waals surface area contributed by atoms with Gasteiger partial charge < -0.3 is 5.11 Å². The van der Waals surface area contributed by atoms with E-state index >= 15 is 0 Å². The summed E-state index contributed by atoms with van der Waals surface area (Å²) in [5.74, 6) is -1.05. The van der Waals surface area contributed by atoms with Gasteiger partial charge in [0.2, 0.25) is 0 Å². The number of rotatable bonds is 4. The number of nitro groups is 1. The van der Waals surface area contributed by atoms with Gasteiger partial charge in [-0.15, -0.1) is 0 Å². The number of aromatic hydroxyl groups is 1. The minimum atomic E-state index is -4.04. The van der Waals surface area contributed by atoms with E-state index in [1.54, 1.807) is 0 Å². The van der Waals surface area contributed by atoms with E-state index in [0.717, 1.165) is 24.3 Å². The molecule has 0 bridgehead atoms. The van der Waals surface area contributed by atoms with Gasteiger partial charge >= 0.3 is 0 Å². The van der Waals surface area contributed by atoms with E-state index in [1.807, 2.05) is 4.72 Å². The molecule has 0 atom stereocenters. The molecule has 0 unspecified atom stereocenters. The van der Waals surface area contributed by atoms with Crippen LogP contribution in [0.1, 0.15) is 0 Å². The number of anilines is 1. The molecule has 2 aromatic rings. The summed E-state index contributed by atoms with van der Waals surface area (Å²) in [5, 5.41) is 19.7. The molecule has 0 amide bonds. The van der Waals surface area contributed by atoms with Crippen LogP contribution in [-0.2, 0) is 10.0 Å². The second-order valence-electron chi connectivity index (χ2n) is 4.05. The quantitative estimate of drug-likeness (QED) is 0.664. The number of hydrogen-bond donors (Lipinski definition) is 2. The van der Waals surface area contributed by atoms with Crippen LogP contribution in [0.25, 0.3) is 0 Å². The number of phenols is 1. The average molecular weight is 312 g/mol. The molecular weight excluding hydrogens is 303 g/mol. The molecule has 0 aliphatic carbocycles.